The lowest BCUT2D eigenvalue weighted by molar-refractivity contribution is -0.129. The second kappa shape index (κ2) is 12.1. The number of carbonyl (C=O) groups is 1. The molecule has 0 saturated carbocycles. The zero-order valence-electron chi connectivity index (χ0n) is 19.6. The van der Waals surface area contributed by atoms with Crippen molar-refractivity contribution in [1.29, 1.82) is 5.26 Å². The number of nitrogens with zero attached hydrogens (tertiary/aromatic N) is 1. The van der Waals surface area contributed by atoms with Crippen LogP contribution in [0.2, 0.25) is 0 Å². The van der Waals surface area contributed by atoms with E-state index in [4.69, 9.17) is 18.9 Å². The number of esters is 1. The summed E-state index contributed by atoms with van der Waals surface area (Å²) in [5, 5.41) is 9.49. The molecule has 0 aliphatic heterocycles. The van der Waals surface area contributed by atoms with E-state index >= 15 is 0 Å². The molecular weight excluding hydrogens is 449 g/mol. The van der Waals surface area contributed by atoms with Crippen molar-refractivity contribution >= 4 is 23.7 Å². The summed E-state index contributed by atoms with van der Waals surface area (Å²) in [6.07, 6.45) is 4.41. The molecule has 0 N–H and O–H groups in total. The average Bonchev–Trinajstić information content (AvgIpc) is 2.88. The minimum absolute atomic E-state index is 0.156. The van der Waals surface area contributed by atoms with Gasteiger partial charge in [0, 0.05) is 11.6 Å². The summed E-state index contributed by atoms with van der Waals surface area (Å²) in [5.41, 5.74) is 1.66. The molecule has 0 bridgehead atoms. The second-order valence-corrected chi connectivity index (χ2v) is 7.16. The highest BCUT2D eigenvalue weighted by Crippen LogP contribution is 2.31. The predicted octanol–water partition coefficient (Wildman–Crippen LogP) is 5.92. The van der Waals surface area contributed by atoms with Crippen molar-refractivity contribution < 1.29 is 28.1 Å². The lowest BCUT2D eigenvalue weighted by atomic mass is 10.0. The first kappa shape index (κ1) is 25.1. The molecule has 178 valence electrons. The van der Waals surface area contributed by atoms with Gasteiger partial charge in [-0.1, -0.05) is 30.3 Å². The van der Waals surface area contributed by atoms with Gasteiger partial charge in [0.15, 0.2) is 23.0 Å². The molecule has 6 nitrogen and oxygen atoms in total. The Kier molecular flexibility index (Phi) is 8.63. The van der Waals surface area contributed by atoms with Crippen LogP contribution in [0.5, 0.6) is 23.0 Å². The van der Waals surface area contributed by atoms with Crippen LogP contribution in [0, 0.1) is 17.1 Å². The topological polar surface area (TPSA) is 77.8 Å². The number of carbonyl (C=O) groups excluding carboxylic acids is 1. The Morgan fingerprint density at radius 2 is 1.60 bits per heavy atom. The highest BCUT2D eigenvalue weighted by Gasteiger charge is 2.11. The normalized spacial score (nSPS) is 11.1. The highest BCUT2D eigenvalue weighted by atomic mass is 19.1. The minimum atomic E-state index is -0.608. The molecule has 0 radical (unpaired) electrons. The molecule has 0 unspecified atom stereocenters. The SMILES string of the molecule is CCOc1ccc(/C=C/C(=O)Oc2ccc(/C=C(/C#N)c3ccccc3F)cc2OC)cc1OC. The highest BCUT2D eigenvalue weighted by molar-refractivity contribution is 5.91. The Hall–Kier alpha value is -4.57. The second-order valence-electron chi connectivity index (χ2n) is 7.16. The van der Waals surface area contributed by atoms with Gasteiger partial charge in [-0.2, -0.15) is 5.26 Å². The van der Waals surface area contributed by atoms with Gasteiger partial charge < -0.3 is 18.9 Å². The molecule has 0 atom stereocenters. The fourth-order valence-corrected chi connectivity index (χ4v) is 3.24. The number of benzene rings is 3. The first-order valence-corrected chi connectivity index (χ1v) is 10.7. The van der Waals surface area contributed by atoms with E-state index in [2.05, 4.69) is 0 Å². The average molecular weight is 474 g/mol. The standard InChI is InChI=1S/C28H24FNO5/c1-4-34-24-12-9-19(16-26(24)32-2)11-14-28(31)35-25-13-10-20(17-27(25)33-3)15-21(18-30)22-7-5-6-8-23(22)29/h5-17H,4H2,1-3H3/b14-11+,21-15-. The molecular formula is C28H24FNO5. The third-order valence-electron chi connectivity index (χ3n) is 4.89. The third-order valence-corrected chi connectivity index (χ3v) is 4.89. The van der Waals surface area contributed by atoms with Gasteiger partial charge in [0.1, 0.15) is 5.82 Å². The molecule has 0 spiro atoms. The van der Waals surface area contributed by atoms with Gasteiger partial charge in [-0.15, -0.1) is 0 Å². The van der Waals surface area contributed by atoms with Crippen molar-refractivity contribution in [1.82, 2.24) is 0 Å². The van der Waals surface area contributed by atoms with E-state index in [1.807, 2.05) is 13.0 Å². The Morgan fingerprint density at radius 3 is 2.29 bits per heavy atom. The molecule has 7 heteroatoms. The van der Waals surface area contributed by atoms with Gasteiger partial charge in [0.2, 0.25) is 0 Å². The van der Waals surface area contributed by atoms with Crippen molar-refractivity contribution in [2.45, 2.75) is 6.92 Å². The molecule has 0 fully saturated rings. The minimum Gasteiger partial charge on any atom is -0.493 e. The molecule has 0 aliphatic rings. The number of methoxy groups -OCH3 is 2. The summed E-state index contributed by atoms with van der Waals surface area (Å²) in [6.45, 7) is 2.39. The molecule has 3 aromatic rings. The molecule has 0 aromatic heterocycles. The first-order chi connectivity index (χ1) is 17.0. The molecule has 0 saturated heterocycles. The fourth-order valence-electron chi connectivity index (χ4n) is 3.24. The van der Waals surface area contributed by atoms with Crippen molar-refractivity contribution in [2.24, 2.45) is 0 Å². The lowest BCUT2D eigenvalue weighted by Crippen LogP contribution is -2.05. The molecule has 0 heterocycles. The van der Waals surface area contributed by atoms with E-state index in [9.17, 15) is 14.4 Å². The van der Waals surface area contributed by atoms with E-state index in [0.29, 0.717) is 23.7 Å². The van der Waals surface area contributed by atoms with Crippen LogP contribution in [0.1, 0.15) is 23.6 Å². The van der Waals surface area contributed by atoms with Crippen LogP contribution < -0.4 is 18.9 Å². The van der Waals surface area contributed by atoms with Crippen LogP contribution in [0.3, 0.4) is 0 Å². The summed E-state index contributed by atoms with van der Waals surface area (Å²) >= 11 is 0. The van der Waals surface area contributed by atoms with Crippen LogP contribution in [-0.4, -0.2) is 26.8 Å². The Morgan fingerprint density at radius 1 is 0.943 bits per heavy atom. The molecule has 35 heavy (non-hydrogen) atoms. The number of rotatable bonds is 9. The van der Waals surface area contributed by atoms with Gasteiger partial charge >= 0.3 is 5.97 Å². The van der Waals surface area contributed by atoms with Crippen LogP contribution in [0.25, 0.3) is 17.7 Å². The van der Waals surface area contributed by atoms with E-state index < -0.39 is 11.8 Å². The predicted molar refractivity (Wildman–Crippen MR) is 132 cm³/mol. The van der Waals surface area contributed by atoms with Crippen LogP contribution in [-0.2, 0) is 4.79 Å². The van der Waals surface area contributed by atoms with Gasteiger partial charge in [-0.25, -0.2) is 9.18 Å². The van der Waals surface area contributed by atoms with Gasteiger partial charge in [-0.3, -0.25) is 0 Å². The number of nitriles is 1. The van der Waals surface area contributed by atoms with Crippen molar-refractivity contribution in [3.8, 4) is 29.1 Å². The number of allylic oxidation sites excluding steroid dienone is 1. The summed E-state index contributed by atoms with van der Waals surface area (Å²) in [6, 6.07) is 18.1. The van der Waals surface area contributed by atoms with Crippen LogP contribution >= 0.6 is 0 Å². The summed E-state index contributed by atoms with van der Waals surface area (Å²) in [5.74, 6) is 0.559. The Balaban J connectivity index is 1.77. The summed E-state index contributed by atoms with van der Waals surface area (Å²) in [7, 11) is 2.98. The zero-order chi connectivity index (χ0) is 25.2. The first-order valence-electron chi connectivity index (χ1n) is 10.7. The smallest absolute Gasteiger partial charge is 0.336 e. The number of hydrogen-bond acceptors (Lipinski definition) is 6. The Bertz CT molecular complexity index is 1310. The monoisotopic (exact) mass is 473 g/mol. The Labute approximate surface area is 203 Å². The molecule has 0 amide bonds. The van der Waals surface area contributed by atoms with Gasteiger partial charge in [-0.05, 0) is 60.5 Å². The van der Waals surface area contributed by atoms with Crippen molar-refractivity contribution in [3.63, 3.8) is 0 Å². The maximum Gasteiger partial charge on any atom is 0.336 e. The van der Waals surface area contributed by atoms with Crippen molar-refractivity contribution in [2.75, 3.05) is 20.8 Å². The van der Waals surface area contributed by atoms with Crippen molar-refractivity contribution in [3.05, 3.63) is 89.2 Å². The van der Waals surface area contributed by atoms with E-state index in [0.717, 1.165) is 5.56 Å². The maximum atomic E-state index is 14.1. The third kappa shape index (κ3) is 6.49. The maximum absolute atomic E-state index is 14.1. The van der Waals surface area contributed by atoms with Crippen LogP contribution in [0.4, 0.5) is 4.39 Å². The van der Waals surface area contributed by atoms with E-state index in [1.165, 1.54) is 31.4 Å². The van der Waals surface area contributed by atoms with Gasteiger partial charge in [0.25, 0.3) is 0 Å². The largest absolute Gasteiger partial charge is 0.493 e. The van der Waals surface area contributed by atoms with E-state index in [-0.39, 0.29) is 22.6 Å². The fraction of sp³-hybridized carbons (Fsp3) is 0.143. The lowest BCUT2D eigenvalue weighted by Gasteiger charge is -2.10. The number of ether oxygens (including phenoxy) is 4. The molecule has 3 aromatic carbocycles. The number of halogens is 1. The quantitative estimate of drug-likeness (QED) is 0.126. The molecule has 0 aliphatic carbocycles. The van der Waals surface area contributed by atoms with E-state index in [1.54, 1.807) is 61.7 Å². The van der Waals surface area contributed by atoms with Crippen LogP contribution in [0.15, 0.2) is 66.7 Å². The molecule has 3 rings (SSSR count). The summed E-state index contributed by atoms with van der Waals surface area (Å²) in [4.78, 5) is 12.4. The van der Waals surface area contributed by atoms with Gasteiger partial charge in [0.05, 0.1) is 32.5 Å². The summed E-state index contributed by atoms with van der Waals surface area (Å²) < 4.78 is 35.6. The number of hydrogen-bond donors (Lipinski definition) is 0. The zero-order valence-corrected chi connectivity index (χ0v) is 19.6.